The molecule has 0 bridgehead atoms. The fraction of sp³-hybridized carbons (Fsp3) is 0.214. The average molecular weight is 519 g/mol. The van der Waals surface area contributed by atoms with Gasteiger partial charge in [0.1, 0.15) is 5.37 Å². The first-order valence-electron chi connectivity index (χ1n) is 11.6. The van der Waals surface area contributed by atoms with Crippen molar-refractivity contribution in [3.05, 3.63) is 101 Å². The normalized spacial score (nSPS) is 14.8. The number of ether oxygens (including phenoxy) is 2. The fourth-order valence-electron chi connectivity index (χ4n) is 4.04. The minimum absolute atomic E-state index is 0.0913. The van der Waals surface area contributed by atoms with Gasteiger partial charge in [0.2, 0.25) is 5.91 Å². The van der Waals surface area contributed by atoms with Gasteiger partial charge in [-0.3, -0.25) is 9.59 Å². The molecular formula is C28H26N2O6S. The van der Waals surface area contributed by atoms with Crippen LogP contribution in [0.1, 0.15) is 47.6 Å². The third kappa shape index (κ3) is 6.00. The van der Waals surface area contributed by atoms with Crippen LogP contribution in [0.3, 0.4) is 0 Å². The lowest BCUT2D eigenvalue weighted by Gasteiger charge is -2.24. The predicted molar refractivity (Wildman–Crippen MR) is 141 cm³/mol. The van der Waals surface area contributed by atoms with Crippen LogP contribution in [0.5, 0.6) is 0 Å². The smallest absolute Gasteiger partial charge is 0.339 e. The summed E-state index contributed by atoms with van der Waals surface area (Å²) in [7, 11) is 2.48. The molecule has 0 radical (unpaired) electrons. The number of nitrogens with one attached hydrogen (secondary N) is 1. The van der Waals surface area contributed by atoms with Crippen LogP contribution >= 0.6 is 11.8 Å². The van der Waals surface area contributed by atoms with Crippen molar-refractivity contribution in [3.8, 4) is 0 Å². The first-order chi connectivity index (χ1) is 17.9. The number of hydrogen-bond acceptors (Lipinski definition) is 7. The molecule has 0 saturated carbocycles. The Bertz CT molecular complexity index is 1310. The molecule has 0 aliphatic carbocycles. The maximum absolute atomic E-state index is 13.0. The topological polar surface area (TPSA) is 102 Å². The van der Waals surface area contributed by atoms with Gasteiger partial charge in [0.15, 0.2) is 0 Å². The molecule has 37 heavy (non-hydrogen) atoms. The fourth-order valence-corrected chi connectivity index (χ4v) is 5.26. The number of amides is 2. The molecule has 1 saturated heterocycles. The Balaban J connectivity index is 1.49. The molecule has 0 aromatic heterocycles. The molecule has 1 atom stereocenters. The summed E-state index contributed by atoms with van der Waals surface area (Å²) in [6, 6.07) is 21.2. The minimum atomic E-state index is -0.652. The van der Waals surface area contributed by atoms with Crippen LogP contribution in [0, 0.1) is 0 Å². The number of anilines is 1. The van der Waals surface area contributed by atoms with E-state index >= 15 is 0 Å². The van der Waals surface area contributed by atoms with Gasteiger partial charge < -0.3 is 19.7 Å². The second-order valence-electron chi connectivity index (χ2n) is 8.31. The van der Waals surface area contributed by atoms with Gasteiger partial charge in [-0.2, -0.15) is 0 Å². The summed E-state index contributed by atoms with van der Waals surface area (Å²) < 4.78 is 9.52. The number of hydrogen-bond donors (Lipinski definition) is 1. The number of methoxy groups -OCH3 is 2. The highest BCUT2D eigenvalue weighted by molar-refractivity contribution is 8.00. The molecule has 3 aromatic rings. The molecule has 9 heteroatoms. The van der Waals surface area contributed by atoms with Crippen molar-refractivity contribution < 1.29 is 28.7 Å². The van der Waals surface area contributed by atoms with Crippen molar-refractivity contribution in [2.24, 2.45) is 0 Å². The van der Waals surface area contributed by atoms with Crippen molar-refractivity contribution in [3.63, 3.8) is 0 Å². The van der Waals surface area contributed by atoms with Crippen molar-refractivity contribution >= 4 is 41.2 Å². The van der Waals surface area contributed by atoms with Crippen LogP contribution in [-0.4, -0.2) is 55.2 Å². The Kier molecular flexibility index (Phi) is 8.25. The van der Waals surface area contributed by atoms with Crippen LogP contribution in [0.15, 0.2) is 72.8 Å². The van der Waals surface area contributed by atoms with Crippen molar-refractivity contribution in [2.75, 3.05) is 31.8 Å². The summed E-state index contributed by atoms with van der Waals surface area (Å²) in [6.07, 6.45) is 0.761. The van der Waals surface area contributed by atoms with E-state index in [2.05, 4.69) is 5.32 Å². The molecular weight excluding hydrogens is 492 g/mol. The second kappa shape index (κ2) is 11.7. The third-order valence-electron chi connectivity index (χ3n) is 6.00. The van der Waals surface area contributed by atoms with E-state index in [0.717, 1.165) is 12.0 Å². The number of thioether (sulfide) groups is 1. The Labute approximate surface area is 218 Å². The van der Waals surface area contributed by atoms with Gasteiger partial charge in [0.05, 0.1) is 36.8 Å². The van der Waals surface area contributed by atoms with Crippen LogP contribution in [0.25, 0.3) is 0 Å². The molecule has 1 fully saturated rings. The van der Waals surface area contributed by atoms with Crippen LogP contribution in [0.4, 0.5) is 5.69 Å². The molecule has 3 aromatic carbocycles. The maximum atomic E-state index is 13.0. The van der Waals surface area contributed by atoms with Gasteiger partial charge in [0, 0.05) is 12.1 Å². The molecule has 4 rings (SSSR count). The Hall–Kier alpha value is -4.11. The summed E-state index contributed by atoms with van der Waals surface area (Å²) in [6.45, 7) is 0.607. The Morgan fingerprint density at radius 1 is 0.919 bits per heavy atom. The number of carbonyl (C=O) groups is 4. The van der Waals surface area contributed by atoms with E-state index in [0.29, 0.717) is 17.9 Å². The van der Waals surface area contributed by atoms with E-state index in [1.807, 2.05) is 47.4 Å². The minimum Gasteiger partial charge on any atom is -0.465 e. The maximum Gasteiger partial charge on any atom is 0.339 e. The lowest BCUT2D eigenvalue weighted by molar-refractivity contribution is -0.128. The zero-order chi connectivity index (χ0) is 26.4. The molecule has 0 spiro atoms. The lowest BCUT2D eigenvalue weighted by atomic mass is 10.1. The van der Waals surface area contributed by atoms with E-state index < -0.39 is 17.8 Å². The van der Waals surface area contributed by atoms with E-state index in [1.165, 1.54) is 38.0 Å². The quantitative estimate of drug-likeness (QED) is 0.443. The van der Waals surface area contributed by atoms with Crippen molar-refractivity contribution in [2.45, 2.75) is 11.8 Å². The van der Waals surface area contributed by atoms with Crippen LogP contribution < -0.4 is 5.32 Å². The molecule has 190 valence electrons. The van der Waals surface area contributed by atoms with Gasteiger partial charge in [-0.05, 0) is 47.9 Å². The van der Waals surface area contributed by atoms with Gasteiger partial charge in [-0.1, -0.05) is 42.5 Å². The molecule has 1 aliphatic heterocycles. The number of rotatable bonds is 8. The Morgan fingerprint density at radius 3 is 2.27 bits per heavy atom. The van der Waals surface area contributed by atoms with Gasteiger partial charge >= 0.3 is 11.9 Å². The lowest BCUT2D eigenvalue weighted by Crippen LogP contribution is -2.30. The third-order valence-corrected chi connectivity index (χ3v) is 7.26. The van der Waals surface area contributed by atoms with E-state index in [-0.39, 0.29) is 28.1 Å². The Morgan fingerprint density at radius 2 is 1.59 bits per heavy atom. The molecule has 1 N–H and O–H groups in total. The molecule has 8 nitrogen and oxygen atoms in total. The van der Waals surface area contributed by atoms with Crippen LogP contribution in [0.2, 0.25) is 0 Å². The summed E-state index contributed by atoms with van der Waals surface area (Å²) >= 11 is 1.56. The summed E-state index contributed by atoms with van der Waals surface area (Å²) in [4.78, 5) is 51.5. The highest BCUT2D eigenvalue weighted by Crippen LogP contribution is 2.38. The largest absolute Gasteiger partial charge is 0.465 e. The van der Waals surface area contributed by atoms with Gasteiger partial charge in [-0.25, -0.2) is 9.59 Å². The highest BCUT2D eigenvalue weighted by atomic mass is 32.2. The van der Waals surface area contributed by atoms with E-state index in [9.17, 15) is 19.2 Å². The summed E-state index contributed by atoms with van der Waals surface area (Å²) in [5.74, 6) is -1.21. The number of carbonyl (C=O) groups excluding carboxylic acids is 4. The molecule has 1 aliphatic rings. The molecule has 2 amide bonds. The van der Waals surface area contributed by atoms with E-state index in [4.69, 9.17) is 9.47 Å². The monoisotopic (exact) mass is 518 g/mol. The molecule has 1 heterocycles. The van der Waals surface area contributed by atoms with Gasteiger partial charge in [0.25, 0.3) is 5.91 Å². The predicted octanol–water partition coefficient (Wildman–Crippen LogP) is 4.33. The number of benzene rings is 3. The van der Waals surface area contributed by atoms with E-state index in [1.54, 1.807) is 23.9 Å². The zero-order valence-corrected chi connectivity index (χ0v) is 21.2. The first kappa shape index (κ1) is 26.0. The molecule has 0 unspecified atom stereocenters. The first-order valence-corrected chi connectivity index (χ1v) is 12.6. The summed E-state index contributed by atoms with van der Waals surface area (Å²) in [5, 5.41) is 2.56. The zero-order valence-electron chi connectivity index (χ0n) is 20.4. The number of esters is 2. The average Bonchev–Trinajstić information content (AvgIpc) is 3.31. The van der Waals surface area contributed by atoms with Gasteiger partial charge in [-0.15, -0.1) is 11.8 Å². The van der Waals surface area contributed by atoms with Crippen molar-refractivity contribution in [1.29, 1.82) is 0 Å². The number of nitrogens with zero attached hydrogens (tertiary/aromatic N) is 1. The SMILES string of the molecule is COC(=O)c1ccc(C(=O)OC)c(NC(=O)c2ccc([C@H]3SCC(=O)N3CCc3ccccc3)cc2)c1. The second-order valence-corrected chi connectivity index (χ2v) is 9.37. The van der Waals surface area contributed by atoms with Crippen molar-refractivity contribution in [1.82, 2.24) is 4.90 Å². The van der Waals surface area contributed by atoms with Crippen LogP contribution in [-0.2, 0) is 20.7 Å². The highest BCUT2D eigenvalue weighted by Gasteiger charge is 2.32. The summed E-state index contributed by atoms with van der Waals surface area (Å²) in [5.41, 5.74) is 2.86. The standard InChI is InChI=1S/C28H26N2O6S/c1-35-27(33)21-12-13-22(28(34)36-2)23(16-21)29-25(32)19-8-10-20(11-9-19)26-30(24(31)17-37-26)15-14-18-6-4-3-5-7-18/h3-13,16,26H,14-15,17H2,1-2H3,(H,29,32)/t26-/m1/s1.